The molecular weight excluding hydrogens is 265 g/mol. The highest BCUT2D eigenvalue weighted by molar-refractivity contribution is 5.50. The van der Waals surface area contributed by atoms with E-state index in [2.05, 4.69) is 0 Å². The van der Waals surface area contributed by atoms with Crippen LogP contribution in [0.1, 0.15) is 31.7 Å². The summed E-state index contributed by atoms with van der Waals surface area (Å²) in [5.74, 6) is 0. The van der Waals surface area contributed by atoms with Gasteiger partial charge in [-0.1, -0.05) is 12.1 Å². The maximum atomic E-state index is 12.3. The van der Waals surface area contributed by atoms with E-state index in [-0.39, 0.29) is 6.42 Å². The number of likely N-dealkylation sites (N-methyl/N-ethyl adjacent to an activating group) is 1. The SMILES string of the molecule is Cc1cccc(N(C)C(C)(CN)CCCC(F)(F)F)c1. The fraction of sp³-hybridized carbons (Fsp3) is 0.600. The van der Waals surface area contributed by atoms with Gasteiger partial charge in [-0.15, -0.1) is 0 Å². The van der Waals surface area contributed by atoms with Crippen LogP contribution in [-0.2, 0) is 0 Å². The lowest BCUT2D eigenvalue weighted by atomic mass is 9.92. The van der Waals surface area contributed by atoms with E-state index in [0.717, 1.165) is 11.3 Å². The molecule has 5 heteroatoms. The number of hydrogen-bond donors (Lipinski definition) is 1. The molecule has 0 aliphatic heterocycles. The Kier molecular flexibility index (Phi) is 5.45. The fourth-order valence-electron chi connectivity index (χ4n) is 2.22. The molecule has 1 aromatic carbocycles. The van der Waals surface area contributed by atoms with Gasteiger partial charge in [-0.05, 0) is 44.4 Å². The highest BCUT2D eigenvalue weighted by Gasteiger charge is 2.32. The van der Waals surface area contributed by atoms with Crippen molar-refractivity contribution in [2.24, 2.45) is 5.73 Å². The van der Waals surface area contributed by atoms with Crippen molar-refractivity contribution in [2.75, 3.05) is 18.5 Å². The molecule has 0 heterocycles. The Morgan fingerprint density at radius 1 is 1.20 bits per heavy atom. The van der Waals surface area contributed by atoms with E-state index in [4.69, 9.17) is 5.73 Å². The molecule has 2 N–H and O–H groups in total. The van der Waals surface area contributed by atoms with Gasteiger partial charge >= 0.3 is 6.18 Å². The van der Waals surface area contributed by atoms with E-state index in [0.29, 0.717) is 13.0 Å². The predicted octanol–water partition coefficient (Wildman–Crippen LogP) is 3.88. The van der Waals surface area contributed by atoms with Gasteiger partial charge in [-0.25, -0.2) is 0 Å². The van der Waals surface area contributed by atoms with Gasteiger partial charge in [0, 0.05) is 31.2 Å². The second-order valence-electron chi connectivity index (χ2n) is 5.57. The molecule has 1 unspecified atom stereocenters. The molecule has 0 saturated heterocycles. The summed E-state index contributed by atoms with van der Waals surface area (Å²) in [6.07, 6.45) is -4.36. The van der Waals surface area contributed by atoms with Crippen molar-refractivity contribution in [1.82, 2.24) is 0 Å². The van der Waals surface area contributed by atoms with Crippen LogP contribution in [0.5, 0.6) is 0 Å². The number of nitrogens with two attached hydrogens (primary N) is 1. The Bertz CT molecular complexity index is 431. The highest BCUT2D eigenvalue weighted by Crippen LogP contribution is 2.29. The molecule has 0 aromatic heterocycles. The average molecular weight is 288 g/mol. The average Bonchev–Trinajstić information content (AvgIpc) is 2.36. The Morgan fingerprint density at radius 2 is 1.85 bits per heavy atom. The lowest BCUT2D eigenvalue weighted by Crippen LogP contribution is -2.50. The molecule has 0 spiro atoms. The zero-order valence-corrected chi connectivity index (χ0v) is 12.3. The van der Waals surface area contributed by atoms with E-state index in [1.807, 2.05) is 50.1 Å². The van der Waals surface area contributed by atoms with Crippen LogP contribution >= 0.6 is 0 Å². The van der Waals surface area contributed by atoms with Crippen LogP contribution < -0.4 is 10.6 Å². The second kappa shape index (κ2) is 6.48. The first kappa shape index (κ1) is 16.8. The maximum absolute atomic E-state index is 12.3. The Labute approximate surface area is 118 Å². The minimum atomic E-state index is -4.10. The zero-order chi connectivity index (χ0) is 15.4. The van der Waals surface area contributed by atoms with Gasteiger partial charge in [0.15, 0.2) is 0 Å². The van der Waals surface area contributed by atoms with E-state index in [1.165, 1.54) is 0 Å². The third-order valence-corrected chi connectivity index (χ3v) is 3.81. The molecule has 0 saturated carbocycles. The second-order valence-corrected chi connectivity index (χ2v) is 5.57. The van der Waals surface area contributed by atoms with Crippen molar-refractivity contribution in [3.8, 4) is 0 Å². The summed E-state index contributed by atoms with van der Waals surface area (Å²) < 4.78 is 36.8. The number of rotatable bonds is 6. The van der Waals surface area contributed by atoms with E-state index in [1.54, 1.807) is 0 Å². The largest absolute Gasteiger partial charge is 0.389 e. The number of aryl methyl sites for hydroxylation is 1. The summed E-state index contributed by atoms with van der Waals surface area (Å²) in [5.41, 5.74) is 7.43. The summed E-state index contributed by atoms with van der Waals surface area (Å²) in [4.78, 5) is 1.98. The first-order valence-corrected chi connectivity index (χ1v) is 6.75. The van der Waals surface area contributed by atoms with Gasteiger partial charge in [0.2, 0.25) is 0 Å². The van der Waals surface area contributed by atoms with E-state index < -0.39 is 18.1 Å². The predicted molar refractivity (Wildman–Crippen MR) is 76.9 cm³/mol. The quantitative estimate of drug-likeness (QED) is 0.860. The Hall–Kier alpha value is -1.23. The van der Waals surface area contributed by atoms with Crippen molar-refractivity contribution in [2.45, 2.75) is 44.8 Å². The van der Waals surface area contributed by atoms with Crippen LogP contribution in [0.2, 0.25) is 0 Å². The van der Waals surface area contributed by atoms with Crippen molar-refractivity contribution in [3.63, 3.8) is 0 Å². The molecule has 1 aromatic rings. The molecule has 0 aliphatic rings. The van der Waals surface area contributed by atoms with Crippen LogP contribution in [0.3, 0.4) is 0 Å². The summed E-state index contributed by atoms with van der Waals surface area (Å²) in [6, 6.07) is 7.89. The van der Waals surface area contributed by atoms with Crippen molar-refractivity contribution in [3.05, 3.63) is 29.8 Å². The molecule has 0 amide bonds. The number of hydrogen-bond acceptors (Lipinski definition) is 2. The van der Waals surface area contributed by atoms with Crippen LogP contribution in [0, 0.1) is 6.92 Å². The number of nitrogens with zero attached hydrogens (tertiary/aromatic N) is 1. The summed E-state index contributed by atoms with van der Waals surface area (Å²) in [6.45, 7) is 4.21. The van der Waals surface area contributed by atoms with Crippen LogP contribution in [0.25, 0.3) is 0 Å². The monoisotopic (exact) mass is 288 g/mol. The Balaban J connectivity index is 2.76. The van der Waals surface area contributed by atoms with Gasteiger partial charge in [0.1, 0.15) is 0 Å². The number of benzene rings is 1. The van der Waals surface area contributed by atoms with Crippen molar-refractivity contribution < 1.29 is 13.2 Å². The zero-order valence-electron chi connectivity index (χ0n) is 12.3. The molecule has 0 bridgehead atoms. The lowest BCUT2D eigenvalue weighted by Gasteiger charge is -2.40. The summed E-state index contributed by atoms with van der Waals surface area (Å²) in [7, 11) is 1.88. The number of anilines is 1. The third-order valence-electron chi connectivity index (χ3n) is 3.81. The van der Waals surface area contributed by atoms with Gasteiger partial charge in [-0.2, -0.15) is 13.2 Å². The normalized spacial score (nSPS) is 14.9. The smallest absolute Gasteiger partial charge is 0.368 e. The lowest BCUT2D eigenvalue weighted by molar-refractivity contribution is -0.136. The van der Waals surface area contributed by atoms with Gasteiger partial charge in [0.25, 0.3) is 0 Å². The molecule has 0 radical (unpaired) electrons. The number of alkyl halides is 3. The third kappa shape index (κ3) is 4.71. The molecule has 2 nitrogen and oxygen atoms in total. The minimum absolute atomic E-state index is 0.0906. The summed E-state index contributed by atoms with van der Waals surface area (Å²) >= 11 is 0. The molecule has 1 atom stereocenters. The van der Waals surface area contributed by atoms with Crippen LogP contribution in [0.15, 0.2) is 24.3 Å². The molecule has 114 valence electrons. The Morgan fingerprint density at radius 3 is 2.35 bits per heavy atom. The molecule has 20 heavy (non-hydrogen) atoms. The first-order chi connectivity index (χ1) is 9.18. The standard InChI is InChI=1S/C15H23F3N2/c1-12-6-4-7-13(10-12)20(3)14(2,11-19)8-5-9-15(16,17)18/h4,6-7,10H,5,8-9,11,19H2,1-3H3. The van der Waals surface area contributed by atoms with Gasteiger partial charge in [-0.3, -0.25) is 0 Å². The van der Waals surface area contributed by atoms with Crippen LogP contribution in [0.4, 0.5) is 18.9 Å². The molecule has 1 rings (SSSR count). The topological polar surface area (TPSA) is 29.3 Å². The first-order valence-electron chi connectivity index (χ1n) is 6.75. The minimum Gasteiger partial charge on any atom is -0.368 e. The summed E-state index contributed by atoms with van der Waals surface area (Å²) in [5, 5.41) is 0. The van der Waals surface area contributed by atoms with Crippen LogP contribution in [-0.4, -0.2) is 25.3 Å². The number of halogens is 3. The highest BCUT2D eigenvalue weighted by atomic mass is 19.4. The van der Waals surface area contributed by atoms with E-state index in [9.17, 15) is 13.2 Å². The molecular formula is C15H23F3N2. The molecule has 0 aliphatic carbocycles. The van der Waals surface area contributed by atoms with Gasteiger partial charge < -0.3 is 10.6 Å². The van der Waals surface area contributed by atoms with Crippen molar-refractivity contribution >= 4 is 5.69 Å². The van der Waals surface area contributed by atoms with Crippen molar-refractivity contribution in [1.29, 1.82) is 0 Å². The van der Waals surface area contributed by atoms with E-state index >= 15 is 0 Å². The maximum Gasteiger partial charge on any atom is 0.389 e. The van der Waals surface area contributed by atoms with Gasteiger partial charge in [0.05, 0.1) is 0 Å². The molecule has 0 fully saturated rings. The fourth-order valence-corrected chi connectivity index (χ4v) is 2.22.